The lowest BCUT2D eigenvalue weighted by molar-refractivity contribution is -0.117. The van der Waals surface area contributed by atoms with Crippen molar-refractivity contribution in [2.24, 2.45) is 0 Å². The van der Waals surface area contributed by atoms with E-state index in [9.17, 15) is 9.59 Å². The molecule has 0 aromatic carbocycles. The molecule has 1 N–H and O–H groups in total. The van der Waals surface area contributed by atoms with E-state index in [2.05, 4.69) is 5.32 Å². The number of carbonyl (C=O) groups is 2. The van der Waals surface area contributed by atoms with Crippen molar-refractivity contribution in [3.63, 3.8) is 0 Å². The molecular weight excluding hydrogens is 182 g/mol. The number of ether oxygens (including phenoxy) is 1. The van der Waals surface area contributed by atoms with Crippen LogP contribution in [0.25, 0.3) is 0 Å². The van der Waals surface area contributed by atoms with E-state index in [-0.39, 0.29) is 22.9 Å². The molecule has 4 nitrogen and oxygen atoms in total. The maximum atomic E-state index is 11.6. The first-order valence-electron chi connectivity index (χ1n) is 4.56. The minimum Gasteiger partial charge on any atom is -0.492 e. The Kier molecular flexibility index (Phi) is 2.11. The molecule has 0 saturated carbocycles. The molecule has 2 rings (SSSR count). The van der Waals surface area contributed by atoms with Crippen molar-refractivity contribution in [3.8, 4) is 0 Å². The molecule has 0 atom stereocenters. The molecule has 0 radical (unpaired) electrons. The van der Waals surface area contributed by atoms with Crippen LogP contribution in [0.2, 0.25) is 0 Å². The first-order valence-corrected chi connectivity index (χ1v) is 4.56. The van der Waals surface area contributed by atoms with Crippen LogP contribution >= 0.6 is 0 Å². The fraction of sp³-hybridized carbons (Fsp3) is 0.400. The van der Waals surface area contributed by atoms with Gasteiger partial charge in [-0.1, -0.05) is 0 Å². The fourth-order valence-corrected chi connectivity index (χ4v) is 1.74. The molecule has 0 amide bonds. The molecular formula is C10H11NO3. The van der Waals surface area contributed by atoms with Crippen LogP contribution in [0.3, 0.4) is 0 Å². The Labute approximate surface area is 81.6 Å². The molecule has 14 heavy (non-hydrogen) atoms. The number of Topliss-reactive ketones (excluding diaryl/α,β-unsaturated/α-hetero) is 1. The maximum Gasteiger partial charge on any atom is 0.233 e. The molecule has 2 aliphatic rings. The summed E-state index contributed by atoms with van der Waals surface area (Å²) >= 11 is 0. The van der Waals surface area contributed by atoms with Crippen molar-refractivity contribution in [1.82, 2.24) is 5.32 Å². The topological polar surface area (TPSA) is 55.4 Å². The van der Waals surface area contributed by atoms with E-state index >= 15 is 0 Å². The molecule has 0 unspecified atom stereocenters. The molecule has 0 spiro atoms. The van der Waals surface area contributed by atoms with Crippen molar-refractivity contribution in [1.29, 1.82) is 0 Å². The Morgan fingerprint density at radius 1 is 1.43 bits per heavy atom. The first-order chi connectivity index (χ1) is 6.74. The summed E-state index contributed by atoms with van der Waals surface area (Å²) < 4.78 is 4.81. The van der Waals surface area contributed by atoms with Crippen LogP contribution in [-0.2, 0) is 14.3 Å². The van der Waals surface area contributed by atoms with Gasteiger partial charge in [-0.05, 0) is 12.8 Å². The molecule has 1 heterocycles. The van der Waals surface area contributed by atoms with E-state index in [1.165, 1.54) is 13.2 Å². The minimum absolute atomic E-state index is 0.145. The molecule has 4 heteroatoms. The summed E-state index contributed by atoms with van der Waals surface area (Å²) in [6.45, 7) is 0.835. The number of hydrogen-bond donors (Lipinski definition) is 1. The lowest BCUT2D eigenvalue weighted by Crippen LogP contribution is -2.14. The third kappa shape index (κ3) is 1.23. The van der Waals surface area contributed by atoms with Gasteiger partial charge in [-0.2, -0.15) is 0 Å². The summed E-state index contributed by atoms with van der Waals surface area (Å²) in [6.07, 6.45) is 3.00. The Bertz CT molecular complexity index is 358. The van der Waals surface area contributed by atoms with Gasteiger partial charge in [0.05, 0.1) is 12.7 Å². The summed E-state index contributed by atoms with van der Waals surface area (Å²) in [5.74, 6) is -0.385. The molecule has 1 fully saturated rings. The summed E-state index contributed by atoms with van der Waals surface area (Å²) in [6, 6.07) is 0. The number of ketones is 2. The first kappa shape index (κ1) is 8.99. The highest BCUT2D eigenvalue weighted by Crippen LogP contribution is 2.24. The number of carbonyl (C=O) groups excluding carboxylic acids is 2. The van der Waals surface area contributed by atoms with Crippen LogP contribution in [0.1, 0.15) is 12.8 Å². The molecule has 1 aliphatic carbocycles. The summed E-state index contributed by atoms with van der Waals surface area (Å²) in [7, 11) is 1.40. The molecule has 0 bridgehead atoms. The zero-order valence-electron chi connectivity index (χ0n) is 7.92. The van der Waals surface area contributed by atoms with Gasteiger partial charge in [-0.25, -0.2) is 0 Å². The van der Waals surface area contributed by atoms with Crippen molar-refractivity contribution in [2.45, 2.75) is 12.8 Å². The van der Waals surface area contributed by atoms with Crippen molar-refractivity contribution < 1.29 is 14.3 Å². The second-order valence-electron chi connectivity index (χ2n) is 3.29. The zero-order valence-corrected chi connectivity index (χ0v) is 7.92. The minimum atomic E-state index is -0.290. The molecule has 1 aliphatic heterocycles. The lowest BCUT2D eigenvalue weighted by Gasteiger charge is -2.02. The van der Waals surface area contributed by atoms with Gasteiger partial charge in [-0.15, -0.1) is 0 Å². The highest BCUT2D eigenvalue weighted by molar-refractivity contribution is 6.35. The highest BCUT2D eigenvalue weighted by Gasteiger charge is 2.33. The molecule has 0 aromatic heterocycles. The summed E-state index contributed by atoms with van der Waals surface area (Å²) in [5, 5.41) is 3.05. The number of hydrogen-bond acceptors (Lipinski definition) is 4. The number of allylic oxidation sites excluding steroid dienone is 3. The Morgan fingerprint density at radius 2 is 2.21 bits per heavy atom. The van der Waals surface area contributed by atoms with Crippen molar-refractivity contribution in [3.05, 3.63) is 23.1 Å². The van der Waals surface area contributed by atoms with Crippen LogP contribution in [0, 0.1) is 0 Å². The zero-order chi connectivity index (χ0) is 10.1. The summed E-state index contributed by atoms with van der Waals surface area (Å²) in [4.78, 5) is 23.1. The lowest BCUT2D eigenvalue weighted by atomic mass is 10.1. The van der Waals surface area contributed by atoms with Gasteiger partial charge >= 0.3 is 0 Å². The van der Waals surface area contributed by atoms with Gasteiger partial charge in [0.1, 0.15) is 0 Å². The SMILES string of the molecule is COC1=CC(=O)/C(=C2\CCCN2)C1=O. The van der Waals surface area contributed by atoms with Crippen molar-refractivity contribution >= 4 is 11.6 Å². The Morgan fingerprint density at radius 3 is 2.71 bits per heavy atom. The van der Waals surface area contributed by atoms with Crippen LogP contribution in [0.15, 0.2) is 23.1 Å². The standard InChI is InChI=1S/C10H11NO3/c1-14-8-5-7(12)9(10(8)13)6-3-2-4-11-6/h5,11H,2-4H2,1H3/b9-6-. The molecule has 1 saturated heterocycles. The predicted octanol–water partition coefficient (Wildman–Crippen LogP) is 0.306. The van der Waals surface area contributed by atoms with Gasteiger partial charge < -0.3 is 10.1 Å². The van der Waals surface area contributed by atoms with Gasteiger partial charge in [0, 0.05) is 18.3 Å². The quantitative estimate of drug-likeness (QED) is 0.481. The van der Waals surface area contributed by atoms with Crippen LogP contribution in [0.4, 0.5) is 0 Å². The smallest absolute Gasteiger partial charge is 0.233 e. The second-order valence-corrected chi connectivity index (χ2v) is 3.29. The Balaban J connectivity index is 2.36. The average Bonchev–Trinajstić information content (AvgIpc) is 2.74. The van der Waals surface area contributed by atoms with Gasteiger partial charge in [0.2, 0.25) is 5.78 Å². The second kappa shape index (κ2) is 3.29. The number of methoxy groups -OCH3 is 1. The highest BCUT2D eigenvalue weighted by atomic mass is 16.5. The van der Waals surface area contributed by atoms with Crippen LogP contribution < -0.4 is 5.32 Å². The number of rotatable bonds is 1. The van der Waals surface area contributed by atoms with Gasteiger partial charge in [0.15, 0.2) is 11.5 Å². The van der Waals surface area contributed by atoms with E-state index in [0.717, 1.165) is 25.1 Å². The number of nitrogens with one attached hydrogen (secondary N) is 1. The van der Waals surface area contributed by atoms with Gasteiger partial charge in [-0.3, -0.25) is 9.59 Å². The van der Waals surface area contributed by atoms with Crippen LogP contribution in [-0.4, -0.2) is 25.2 Å². The van der Waals surface area contributed by atoms with E-state index < -0.39 is 0 Å². The average molecular weight is 193 g/mol. The summed E-state index contributed by atoms with van der Waals surface area (Å²) in [5.41, 5.74) is 1.03. The maximum absolute atomic E-state index is 11.6. The largest absolute Gasteiger partial charge is 0.492 e. The van der Waals surface area contributed by atoms with E-state index in [0.29, 0.717) is 0 Å². The normalized spacial score (nSPS) is 26.5. The van der Waals surface area contributed by atoms with Crippen LogP contribution in [0.5, 0.6) is 0 Å². The predicted molar refractivity (Wildman–Crippen MR) is 49.4 cm³/mol. The fourth-order valence-electron chi connectivity index (χ4n) is 1.74. The Hall–Kier alpha value is -1.58. The molecule has 0 aromatic rings. The van der Waals surface area contributed by atoms with Gasteiger partial charge in [0.25, 0.3) is 0 Å². The van der Waals surface area contributed by atoms with Crippen molar-refractivity contribution in [2.75, 3.05) is 13.7 Å². The van der Waals surface area contributed by atoms with E-state index in [4.69, 9.17) is 4.74 Å². The van der Waals surface area contributed by atoms with E-state index in [1.807, 2.05) is 0 Å². The molecule has 74 valence electrons. The monoisotopic (exact) mass is 193 g/mol. The third-order valence-electron chi connectivity index (χ3n) is 2.42. The third-order valence-corrected chi connectivity index (χ3v) is 2.42. The van der Waals surface area contributed by atoms with E-state index in [1.54, 1.807) is 0 Å².